The van der Waals surface area contributed by atoms with Gasteiger partial charge in [0.25, 0.3) is 5.91 Å². The van der Waals surface area contributed by atoms with Gasteiger partial charge in [0.2, 0.25) is 5.95 Å². The van der Waals surface area contributed by atoms with Crippen LogP contribution in [-0.2, 0) is 6.54 Å². The van der Waals surface area contributed by atoms with E-state index < -0.39 is 23.2 Å². The molecule has 0 saturated heterocycles. The lowest BCUT2D eigenvalue weighted by Crippen LogP contribution is -2.17. The highest BCUT2D eigenvalue weighted by Crippen LogP contribution is 2.19. The first-order chi connectivity index (χ1) is 12.9. The topological polar surface area (TPSA) is 66.9 Å². The second kappa shape index (κ2) is 8.09. The number of carbonyl (C=O) groups excluding carboxylic acids is 1. The van der Waals surface area contributed by atoms with Crippen LogP contribution >= 0.6 is 11.6 Å². The number of rotatable bonds is 5. The Kier molecular flexibility index (Phi) is 5.61. The quantitative estimate of drug-likeness (QED) is 0.671. The van der Waals surface area contributed by atoms with Crippen molar-refractivity contribution in [3.8, 4) is 0 Å². The summed E-state index contributed by atoms with van der Waals surface area (Å²) in [4.78, 5) is 20.7. The summed E-state index contributed by atoms with van der Waals surface area (Å²) >= 11 is 6.11. The molecule has 0 bridgehead atoms. The van der Waals surface area contributed by atoms with Gasteiger partial charge in [0, 0.05) is 17.3 Å². The summed E-state index contributed by atoms with van der Waals surface area (Å²) in [6.45, 7) is 2.04. The molecule has 1 amide bonds. The average molecular weight is 389 g/mol. The number of aromatic nitrogens is 2. The van der Waals surface area contributed by atoms with Crippen molar-refractivity contribution in [3.63, 3.8) is 0 Å². The highest BCUT2D eigenvalue weighted by Gasteiger charge is 2.16. The number of para-hydroxylation sites is 1. The van der Waals surface area contributed by atoms with Crippen LogP contribution in [0.15, 0.2) is 48.5 Å². The second-order valence-electron chi connectivity index (χ2n) is 5.71. The first-order valence-corrected chi connectivity index (χ1v) is 8.40. The van der Waals surface area contributed by atoms with E-state index in [0.29, 0.717) is 17.3 Å². The van der Waals surface area contributed by atoms with Crippen LogP contribution in [0.1, 0.15) is 21.7 Å². The number of benzene rings is 2. The van der Waals surface area contributed by atoms with E-state index in [1.165, 1.54) is 12.1 Å². The van der Waals surface area contributed by atoms with Crippen molar-refractivity contribution in [1.82, 2.24) is 9.97 Å². The maximum absolute atomic E-state index is 13.7. The zero-order valence-corrected chi connectivity index (χ0v) is 15.0. The number of hydrogen-bond acceptors (Lipinski definition) is 4. The van der Waals surface area contributed by atoms with Gasteiger partial charge in [0.15, 0.2) is 0 Å². The Hall–Kier alpha value is -3.06. The van der Waals surface area contributed by atoms with Crippen molar-refractivity contribution in [2.45, 2.75) is 13.5 Å². The Morgan fingerprint density at radius 2 is 1.78 bits per heavy atom. The predicted molar refractivity (Wildman–Crippen MR) is 99.9 cm³/mol. The number of halogens is 3. The molecule has 27 heavy (non-hydrogen) atoms. The molecule has 1 aromatic heterocycles. The maximum atomic E-state index is 13.7. The van der Waals surface area contributed by atoms with E-state index in [-0.39, 0.29) is 11.6 Å². The highest BCUT2D eigenvalue weighted by molar-refractivity contribution is 6.31. The van der Waals surface area contributed by atoms with E-state index >= 15 is 0 Å². The Morgan fingerprint density at radius 3 is 2.48 bits per heavy atom. The van der Waals surface area contributed by atoms with Crippen LogP contribution in [0.2, 0.25) is 5.02 Å². The van der Waals surface area contributed by atoms with Crippen LogP contribution in [-0.4, -0.2) is 15.9 Å². The molecule has 0 aliphatic heterocycles. The van der Waals surface area contributed by atoms with Crippen molar-refractivity contribution in [2.75, 3.05) is 10.6 Å². The molecule has 2 aromatic carbocycles. The molecule has 0 spiro atoms. The van der Waals surface area contributed by atoms with E-state index in [2.05, 4.69) is 20.6 Å². The molecule has 1 heterocycles. The van der Waals surface area contributed by atoms with Gasteiger partial charge < -0.3 is 10.6 Å². The minimum atomic E-state index is -0.869. The largest absolute Gasteiger partial charge is 0.350 e. The summed E-state index contributed by atoms with van der Waals surface area (Å²) in [5.41, 5.74) is 0.811. The summed E-state index contributed by atoms with van der Waals surface area (Å²) in [6.07, 6.45) is 0. The Balaban J connectivity index is 1.78. The molecule has 3 rings (SSSR count). The fraction of sp³-hybridized carbons (Fsp3) is 0.105. The maximum Gasteiger partial charge on any atom is 0.274 e. The molecule has 138 valence electrons. The van der Waals surface area contributed by atoms with E-state index in [0.717, 1.165) is 17.7 Å². The molecule has 8 heteroatoms. The third-order valence-corrected chi connectivity index (χ3v) is 4.05. The lowest BCUT2D eigenvalue weighted by Gasteiger charge is -2.10. The monoisotopic (exact) mass is 388 g/mol. The van der Waals surface area contributed by atoms with Gasteiger partial charge in [-0.2, -0.15) is 0 Å². The van der Waals surface area contributed by atoms with Crippen molar-refractivity contribution in [3.05, 3.63) is 82.1 Å². The van der Waals surface area contributed by atoms with Crippen molar-refractivity contribution >= 4 is 29.1 Å². The molecule has 0 atom stereocenters. The third-order valence-electron chi connectivity index (χ3n) is 3.68. The van der Waals surface area contributed by atoms with E-state index in [4.69, 9.17) is 11.6 Å². The third kappa shape index (κ3) is 4.57. The van der Waals surface area contributed by atoms with Gasteiger partial charge in [-0.3, -0.25) is 4.79 Å². The number of hydrogen-bond donors (Lipinski definition) is 2. The van der Waals surface area contributed by atoms with Crippen LogP contribution < -0.4 is 10.6 Å². The highest BCUT2D eigenvalue weighted by atomic mass is 35.5. The number of carbonyl (C=O) groups is 1. The van der Waals surface area contributed by atoms with E-state index in [1.807, 2.05) is 18.2 Å². The van der Waals surface area contributed by atoms with E-state index in [9.17, 15) is 13.6 Å². The zero-order chi connectivity index (χ0) is 19.4. The molecule has 2 N–H and O–H groups in total. The van der Waals surface area contributed by atoms with E-state index in [1.54, 1.807) is 13.0 Å². The Morgan fingerprint density at radius 1 is 1.07 bits per heavy atom. The van der Waals surface area contributed by atoms with Gasteiger partial charge in [0.05, 0.1) is 0 Å². The number of anilines is 2. The van der Waals surface area contributed by atoms with Crippen molar-refractivity contribution < 1.29 is 13.6 Å². The summed E-state index contributed by atoms with van der Waals surface area (Å²) in [5, 5.41) is 5.78. The number of aryl methyl sites for hydroxylation is 1. The normalized spacial score (nSPS) is 10.5. The molecule has 0 saturated carbocycles. The minimum absolute atomic E-state index is 0.0215. The van der Waals surface area contributed by atoms with Gasteiger partial charge in [-0.25, -0.2) is 18.7 Å². The smallest absolute Gasteiger partial charge is 0.274 e. The molecule has 0 unspecified atom stereocenters. The van der Waals surface area contributed by atoms with Crippen LogP contribution in [0.5, 0.6) is 0 Å². The van der Waals surface area contributed by atoms with Gasteiger partial charge in [-0.05, 0) is 36.8 Å². The van der Waals surface area contributed by atoms with Gasteiger partial charge >= 0.3 is 0 Å². The molecule has 3 aromatic rings. The van der Waals surface area contributed by atoms with Crippen LogP contribution in [0.4, 0.5) is 20.4 Å². The van der Waals surface area contributed by atoms with Crippen LogP contribution in [0.3, 0.4) is 0 Å². The number of amides is 1. The summed E-state index contributed by atoms with van der Waals surface area (Å²) in [7, 11) is 0. The molecule has 0 aliphatic carbocycles. The Bertz CT molecular complexity index is 977. The fourth-order valence-corrected chi connectivity index (χ4v) is 2.58. The number of nitrogens with zero attached hydrogens (tertiary/aromatic N) is 2. The first-order valence-electron chi connectivity index (χ1n) is 8.02. The molecule has 0 radical (unpaired) electrons. The van der Waals surface area contributed by atoms with Gasteiger partial charge in [-0.1, -0.05) is 35.9 Å². The predicted octanol–water partition coefficient (Wildman–Crippen LogP) is 4.58. The van der Waals surface area contributed by atoms with Gasteiger partial charge in [-0.15, -0.1) is 0 Å². The van der Waals surface area contributed by atoms with Crippen molar-refractivity contribution in [1.29, 1.82) is 0 Å². The lowest BCUT2D eigenvalue weighted by molar-refractivity contribution is 0.102. The Labute approximate surface area is 159 Å². The van der Waals surface area contributed by atoms with Crippen LogP contribution in [0.25, 0.3) is 0 Å². The molecule has 5 nitrogen and oxygen atoms in total. The summed E-state index contributed by atoms with van der Waals surface area (Å²) in [6, 6.07) is 12.0. The lowest BCUT2D eigenvalue weighted by atomic mass is 10.2. The van der Waals surface area contributed by atoms with Crippen molar-refractivity contribution in [2.24, 2.45) is 0 Å². The fourth-order valence-electron chi connectivity index (χ4n) is 2.37. The van der Waals surface area contributed by atoms with Gasteiger partial charge in [0.1, 0.15) is 23.0 Å². The standard InChI is InChI=1S/C19H15ClF2N4O/c1-11-9-16(18(27)26-17-14(21)7-4-8-15(17)22)25-19(24-11)23-10-12-5-2-3-6-13(12)20/h2-9H,10H2,1H3,(H,26,27)(H,23,24,25). The summed E-state index contributed by atoms with van der Waals surface area (Å²) < 4.78 is 27.4. The average Bonchev–Trinajstić information content (AvgIpc) is 2.63. The molecule has 0 fully saturated rings. The molecular formula is C19H15ClF2N4O. The second-order valence-corrected chi connectivity index (χ2v) is 6.12. The molecule has 0 aliphatic rings. The minimum Gasteiger partial charge on any atom is -0.350 e. The van der Waals surface area contributed by atoms with Crippen LogP contribution in [0, 0.1) is 18.6 Å². The summed E-state index contributed by atoms with van der Waals surface area (Å²) in [5.74, 6) is -2.28. The SMILES string of the molecule is Cc1cc(C(=O)Nc2c(F)cccc2F)nc(NCc2ccccc2Cl)n1. The number of nitrogens with one attached hydrogen (secondary N) is 2. The zero-order valence-electron chi connectivity index (χ0n) is 14.3. The molecular weight excluding hydrogens is 374 g/mol. The first kappa shape index (κ1) is 18.7.